The lowest BCUT2D eigenvalue weighted by molar-refractivity contribution is -0.384. The van der Waals surface area contributed by atoms with Crippen molar-refractivity contribution in [3.05, 3.63) is 69.8 Å². The number of nitrogens with zero attached hydrogens (tertiary/aromatic N) is 2. The van der Waals surface area contributed by atoms with Gasteiger partial charge in [0.2, 0.25) is 5.91 Å². The molecule has 0 fully saturated rings. The van der Waals surface area contributed by atoms with Crippen molar-refractivity contribution in [2.75, 3.05) is 13.2 Å². The minimum absolute atomic E-state index is 0.0307. The van der Waals surface area contributed by atoms with Crippen LogP contribution in [0, 0.1) is 10.1 Å². The van der Waals surface area contributed by atoms with Crippen molar-refractivity contribution in [2.24, 2.45) is 5.10 Å². The molecule has 0 radical (unpaired) electrons. The van der Waals surface area contributed by atoms with E-state index in [0.717, 1.165) is 5.56 Å². The maximum Gasteiger partial charge on any atom is 0.344 e. The number of rotatable bonds is 9. The van der Waals surface area contributed by atoms with E-state index in [4.69, 9.17) is 9.47 Å². The molecule has 0 saturated carbocycles. The molecule has 0 spiro atoms. The van der Waals surface area contributed by atoms with Crippen molar-refractivity contribution < 1.29 is 24.0 Å². The number of esters is 1. The third-order valence-corrected chi connectivity index (χ3v) is 3.46. The van der Waals surface area contributed by atoms with Crippen LogP contribution in [0.2, 0.25) is 0 Å². The van der Waals surface area contributed by atoms with Crippen molar-refractivity contribution >= 4 is 23.8 Å². The molecule has 9 heteroatoms. The molecule has 28 heavy (non-hydrogen) atoms. The number of nitrogens with one attached hydrogen (secondary N) is 1. The zero-order valence-corrected chi connectivity index (χ0v) is 15.2. The van der Waals surface area contributed by atoms with Crippen LogP contribution in [0.3, 0.4) is 0 Å². The fourth-order valence-electron chi connectivity index (χ4n) is 2.13. The molecular weight excluding hydrogens is 366 g/mol. The number of non-ortho nitro benzene ring substituents is 1. The molecule has 2 aromatic carbocycles. The van der Waals surface area contributed by atoms with Crippen LogP contribution in [0.4, 0.5) is 5.69 Å². The number of hydrogen-bond acceptors (Lipinski definition) is 7. The van der Waals surface area contributed by atoms with E-state index in [-0.39, 0.29) is 24.6 Å². The lowest BCUT2D eigenvalue weighted by Crippen LogP contribution is -2.19. The van der Waals surface area contributed by atoms with Crippen molar-refractivity contribution in [3.8, 4) is 5.75 Å². The van der Waals surface area contributed by atoms with Crippen LogP contribution in [-0.4, -0.2) is 36.2 Å². The number of benzene rings is 2. The highest BCUT2D eigenvalue weighted by molar-refractivity contribution is 5.83. The van der Waals surface area contributed by atoms with Crippen LogP contribution in [0.25, 0.3) is 0 Å². The first-order chi connectivity index (χ1) is 13.5. The largest absolute Gasteiger partial charge is 0.482 e. The Morgan fingerprint density at radius 1 is 1.14 bits per heavy atom. The zero-order chi connectivity index (χ0) is 20.4. The fourth-order valence-corrected chi connectivity index (χ4v) is 2.13. The highest BCUT2D eigenvalue weighted by Crippen LogP contribution is 2.12. The van der Waals surface area contributed by atoms with Crippen molar-refractivity contribution in [2.45, 2.75) is 13.3 Å². The molecule has 0 aliphatic heterocycles. The fraction of sp³-hybridized carbons (Fsp3) is 0.211. The molecule has 0 aromatic heterocycles. The van der Waals surface area contributed by atoms with Gasteiger partial charge in [-0.3, -0.25) is 14.9 Å². The summed E-state index contributed by atoms with van der Waals surface area (Å²) in [5.74, 6) is -0.282. The Morgan fingerprint density at radius 3 is 2.43 bits per heavy atom. The van der Waals surface area contributed by atoms with E-state index < -0.39 is 10.9 Å². The van der Waals surface area contributed by atoms with Gasteiger partial charge in [-0.15, -0.1) is 0 Å². The Balaban J connectivity index is 1.79. The van der Waals surface area contributed by atoms with Crippen LogP contribution >= 0.6 is 0 Å². The average molecular weight is 385 g/mol. The topological polar surface area (TPSA) is 120 Å². The van der Waals surface area contributed by atoms with Crippen LogP contribution in [0.15, 0.2) is 53.6 Å². The second-order valence-corrected chi connectivity index (χ2v) is 5.56. The molecule has 0 heterocycles. The predicted molar refractivity (Wildman–Crippen MR) is 101 cm³/mol. The molecule has 0 unspecified atom stereocenters. The summed E-state index contributed by atoms with van der Waals surface area (Å²) in [6, 6.07) is 12.5. The number of carbonyl (C=O) groups is 2. The van der Waals surface area contributed by atoms with Crippen molar-refractivity contribution in [3.63, 3.8) is 0 Å². The Bertz CT molecular complexity index is 847. The number of ether oxygens (including phenoxy) is 2. The van der Waals surface area contributed by atoms with Crippen LogP contribution in [-0.2, 0) is 20.7 Å². The number of hydrazone groups is 1. The summed E-state index contributed by atoms with van der Waals surface area (Å²) in [7, 11) is 0. The van der Waals surface area contributed by atoms with E-state index in [1.54, 1.807) is 31.2 Å². The third kappa shape index (κ3) is 6.87. The second-order valence-electron chi connectivity index (χ2n) is 5.56. The molecule has 0 aliphatic carbocycles. The van der Waals surface area contributed by atoms with Crippen molar-refractivity contribution in [1.82, 2.24) is 5.43 Å². The molecule has 9 nitrogen and oxygen atoms in total. The SMILES string of the molecule is CCOC(=O)COc1ccc(/C=N/NC(=O)Cc2ccc([N+](=O)[O-])cc2)cc1. The van der Waals surface area contributed by atoms with E-state index in [1.807, 2.05) is 0 Å². The number of hydrogen-bond donors (Lipinski definition) is 1. The predicted octanol–water partition coefficient (Wildman–Crippen LogP) is 2.23. The minimum Gasteiger partial charge on any atom is -0.482 e. The van der Waals surface area contributed by atoms with Gasteiger partial charge in [0.05, 0.1) is 24.2 Å². The average Bonchev–Trinajstić information content (AvgIpc) is 2.68. The smallest absolute Gasteiger partial charge is 0.344 e. The lowest BCUT2D eigenvalue weighted by Gasteiger charge is -2.05. The monoisotopic (exact) mass is 385 g/mol. The zero-order valence-electron chi connectivity index (χ0n) is 15.2. The van der Waals surface area contributed by atoms with E-state index in [9.17, 15) is 19.7 Å². The first kappa shape index (κ1) is 20.6. The molecule has 1 amide bonds. The van der Waals surface area contributed by atoms with Gasteiger partial charge in [0.1, 0.15) is 5.75 Å². The molecular formula is C19H19N3O6. The van der Waals surface area contributed by atoms with Gasteiger partial charge in [0.15, 0.2) is 6.61 Å². The summed E-state index contributed by atoms with van der Waals surface area (Å²) < 4.78 is 10.0. The summed E-state index contributed by atoms with van der Waals surface area (Å²) in [6.45, 7) is 1.85. The van der Waals surface area contributed by atoms with E-state index in [1.165, 1.54) is 30.5 Å². The Kier molecular flexibility index (Phi) is 7.64. The molecule has 0 bridgehead atoms. The van der Waals surface area contributed by atoms with Crippen LogP contribution in [0.1, 0.15) is 18.1 Å². The molecule has 2 rings (SSSR count). The Labute approximate surface area is 161 Å². The molecule has 2 aromatic rings. The van der Waals surface area contributed by atoms with Crippen molar-refractivity contribution in [1.29, 1.82) is 0 Å². The van der Waals surface area contributed by atoms with Gasteiger partial charge in [-0.1, -0.05) is 12.1 Å². The minimum atomic E-state index is -0.499. The summed E-state index contributed by atoms with van der Waals surface area (Å²) in [5.41, 5.74) is 3.72. The first-order valence-corrected chi connectivity index (χ1v) is 8.41. The van der Waals surface area contributed by atoms with E-state index in [2.05, 4.69) is 10.5 Å². The Hall–Kier alpha value is -3.75. The summed E-state index contributed by atoms with van der Waals surface area (Å²) >= 11 is 0. The second kappa shape index (κ2) is 10.4. The molecule has 1 N–H and O–H groups in total. The van der Waals surface area contributed by atoms with Gasteiger partial charge < -0.3 is 9.47 Å². The number of nitro groups is 1. The summed E-state index contributed by atoms with van der Waals surface area (Å²) in [6.07, 6.45) is 1.51. The van der Waals surface area contributed by atoms with Crippen LogP contribution < -0.4 is 10.2 Å². The Morgan fingerprint density at radius 2 is 1.82 bits per heavy atom. The maximum absolute atomic E-state index is 11.9. The molecule has 146 valence electrons. The number of carbonyl (C=O) groups excluding carboxylic acids is 2. The normalized spacial score (nSPS) is 10.5. The standard InChI is InChI=1S/C19H19N3O6/c1-2-27-19(24)13-28-17-9-5-15(6-10-17)12-20-21-18(23)11-14-3-7-16(8-4-14)22(25)26/h3-10,12H,2,11,13H2,1H3,(H,21,23)/b20-12+. The lowest BCUT2D eigenvalue weighted by atomic mass is 10.1. The summed E-state index contributed by atoms with van der Waals surface area (Å²) in [5, 5.41) is 14.5. The highest BCUT2D eigenvalue weighted by Gasteiger charge is 2.07. The van der Waals surface area contributed by atoms with Gasteiger partial charge in [-0.2, -0.15) is 5.10 Å². The molecule has 0 aliphatic rings. The van der Waals surface area contributed by atoms with E-state index in [0.29, 0.717) is 17.9 Å². The molecule has 0 saturated heterocycles. The summed E-state index contributed by atoms with van der Waals surface area (Å²) in [4.78, 5) is 33.2. The van der Waals surface area contributed by atoms with Gasteiger partial charge in [0.25, 0.3) is 5.69 Å². The number of amides is 1. The third-order valence-electron chi connectivity index (χ3n) is 3.46. The van der Waals surface area contributed by atoms with Gasteiger partial charge in [-0.05, 0) is 42.3 Å². The quantitative estimate of drug-likeness (QED) is 0.306. The molecule has 0 atom stereocenters. The first-order valence-electron chi connectivity index (χ1n) is 8.41. The maximum atomic E-state index is 11.9. The number of nitro benzene ring substituents is 1. The van der Waals surface area contributed by atoms with Gasteiger partial charge in [0, 0.05) is 12.1 Å². The highest BCUT2D eigenvalue weighted by atomic mass is 16.6. The van der Waals surface area contributed by atoms with E-state index >= 15 is 0 Å². The van der Waals surface area contributed by atoms with Gasteiger partial charge >= 0.3 is 5.97 Å². The van der Waals surface area contributed by atoms with Crippen LogP contribution in [0.5, 0.6) is 5.75 Å². The van der Waals surface area contributed by atoms with Gasteiger partial charge in [-0.25, -0.2) is 10.2 Å².